The first-order valence-electron chi connectivity index (χ1n) is 5.70. The lowest BCUT2D eigenvalue weighted by atomic mass is 9.98. The van der Waals surface area contributed by atoms with Crippen LogP contribution < -0.4 is 0 Å². The van der Waals surface area contributed by atoms with Crippen molar-refractivity contribution in [3.05, 3.63) is 34.9 Å². The molecule has 1 rings (SSSR count). The maximum Gasteiger partial charge on any atom is 0.411 e. The molecule has 0 aliphatic carbocycles. The summed E-state index contributed by atoms with van der Waals surface area (Å²) < 4.78 is 40.0. The van der Waals surface area contributed by atoms with Gasteiger partial charge in [0.2, 0.25) is 0 Å². The van der Waals surface area contributed by atoms with E-state index in [0.717, 1.165) is 16.7 Å². The molecule has 1 atom stereocenters. The Bertz CT molecular complexity index is 388. The molecule has 1 unspecified atom stereocenters. The average Bonchev–Trinajstić information content (AvgIpc) is 2.26. The van der Waals surface area contributed by atoms with Gasteiger partial charge in [0.15, 0.2) is 0 Å². The highest BCUT2D eigenvalue weighted by Gasteiger charge is 2.27. The van der Waals surface area contributed by atoms with Gasteiger partial charge in [0, 0.05) is 13.0 Å². The molecule has 0 fully saturated rings. The summed E-state index contributed by atoms with van der Waals surface area (Å²) in [6, 6.07) is 5.51. The van der Waals surface area contributed by atoms with Crippen molar-refractivity contribution < 1.29 is 23.0 Å². The Morgan fingerprint density at radius 2 is 1.94 bits per heavy atom. The van der Waals surface area contributed by atoms with Crippen LogP contribution in [0.2, 0.25) is 0 Å². The number of hydrogen-bond donors (Lipinski definition) is 1. The third kappa shape index (κ3) is 4.66. The predicted octanol–water partition coefficient (Wildman–Crippen LogP) is 3.31. The van der Waals surface area contributed by atoms with Crippen LogP contribution in [-0.4, -0.2) is 24.5 Å². The molecule has 0 saturated carbocycles. The summed E-state index contributed by atoms with van der Waals surface area (Å²) >= 11 is 0. The number of rotatable bonds is 5. The van der Waals surface area contributed by atoms with Gasteiger partial charge in [-0.25, -0.2) is 0 Å². The van der Waals surface area contributed by atoms with E-state index in [2.05, 4.69) is 4.74 Å². The standard InChI is InChI=1S/C13H17F3O2/c1-9-4-3-5-11(10(9)2)12(17)6-7-18-8-13(14,15)16/h3-5,12,17H,6-8H2,1-2H3. The summed E-state index contributed by atoms with van der Waals surface area (Å²) in [5, 5.41) is 9.89. The van der Waals surface area contributed by atoms with E-state index >= 15 is 0 Å². The summed E-state index contributed by atoms with van der Waals surface area (Å²) in [7, 11) is 0. The first-order valence-corrected chi connectivity index (χ1v) is 5.70. The number of aliphatic hydroxyl groups is 1. The molecule has 0 radical (unpaired) electrons. The van der Waals surface area contributed by atoms with Crippen molar-refractivity contribution in [2.75, 3.05) is 13.2 Å². The van der Waals surface area contributed by atoms with Crippen LogP contribution >= 0.6 is 0 Å². The number of ether oxygens (including phenoxy) is 1. The van der Waals surface area contributed by atoms with Gasteiger partial charge in [-0.1, -0.05) is 18.2 Å². The van der Waals surface area contributed by atoms with E-state index in [9.17, 15) is 18.3 Å². The molecule has 18 heavy (non-hydrogen) atoms. The summed E-state index contributed by atoms with van der Waals surface area (Å²) in [6.45, 7) is 2.41. The molecule has 1 aromatic rings. The molecule has 0 aliphatic rings. The first-order chi connectivity index (χ1) is 8.31. The molecule has 0 amide bonds. The number of hydrogen-bond acceptors (Lipinski definition) is 2. The predicted molar refractivity (Wildman–Crippen MR) is 62.4 cm³/mol. The largest absolute Gasteiger partial charge is 0.411 e. The minimum absolute atomic E-state index is 0.117. The molecule has 0 aliphatic heterocycles. The second kappa shape index (κ2) is 6.20. The SMILES string of the molecule is Cc1cccc(C(O)CCOCC(F)(F)F)c1C. The molecule has 1 aromatic carbocycles. The number of aryl methyl sites for hydroxylation is 1. The van der Waals surface area contributed by atoms with Gasteiger partial charge < -0.3 is 9.84 Å². The fraction of sp³-hybridized carbons (Fsp3) is 0.538. The molecule has 0 aromatic heterocycles. The minimum Gasteiger partial charge on any atom is -0.388 e. The highest BCUT2D eigenvalue weighted by Crippen LogP contribution is 2.23. The van der Waals surface area contributed by atoms with Gasteiger partial charge in [-0.3, -0.25) is 0 Å². The van der Waals surface area contributed by atoms with Gasteiger partial charge in [0.1, 0.15) is 6.61 Å². The molecular formula is C13H17F3O2. The zero-order valence-electron chi connectivity index (χ0n) is 10.4. The van der Waals surface area contributed by atoms with Gasteiger partial charge in [0.25, 0.3) is 0 Å². The third-order valence-electron chi connectivity index (χ3n) is 2.81. The fourth-order valence-corrected chi connectivity index (χ4v) is 1.67. The van der Waals surface area contributed by atoms with Crippen molar-refractivity contribution in [3.63, 3.8) is 0 Å². The van der Waals surface area contributed by atoms with Gasteiger partial charge >= 0.3 is 6.18 Å². The van der Waals surface area contributed by atoms with Crippen molar-refractivity contribution in [3.8, 4) is 0 Å². The van der Waals surface area contributed by atoms with Crippen LogP contribution in [0.1, 0.15) is 29.2 Å². The Balaban J connectivity index is 2.46. The van der Waals surface area contributed by atoms with Crippen molar-refractivity contribution in [1.82, 2.24) is 0 Å². The van der Waals surface area contributed by atoms with E-state index in [1.807, 2.05) is 26.0 Å². The van der Waals surface area contributed by atoms with Crippen molar-refractivity contribution in [1.29, 1.82) is 0 Å². The van der Waals surface area contributed by atoms with E-state index in [1.54, 1.807) is 6.07 Å². The lowest BCUT2D eigenvalue weighted by Gasteiger charge is -2.15. The maximum absolute atomic E-state index is 11.8. The van der Waals surface area contributed by atoms with Crippen LogP contribution in [0, 0.1) is 13.8 Å². The minimum atomic E-state index is -4.32. The van der Waals surface area contributed by atoms with Crippen LogP contribution in [0.4, 0.5) is 13.2 Å². The molecule has 0 spiro atoms. The molecule has 1 N–H and O–H groups in total. The quantitative estimate of drug-likeness (QED) is 0.825. The number of aliphatic hydroxyl groups excluding tert-OH is 1. The summed E-state index contributed by atoms with van der Waals surface area (Å²) in [5.41, 5.74) is 2.74. The van der Waals surface area contributed by atoms with Gasteiger partial charge in [-0.2, -0.15) is 13.2 Å². The molecule has 5 heteroatoms. The summed E-state index contributed by atoms with van der Waals surface area (Å²) in [5.74, 6) is 0. The summed E-state index contributed by atoms with van der Waals surface area (Å²) in [4.78, 5) is 0. The van der Waals surface area contributed by atoms with E-state index in [4.69, 9.17) is 0 Å². The Hall–Kier alpha value is -1.07. The van der Waals surface area contributed by atoms with E-state index < -0.39 is 18.9 Å². The van der Waals surface area contributed by atoms with Gasteiger partial charge in [-0.15, -0.1) is 0 Å². The Morgan fingerprint density at radius 3 is 2.56 bits per heavy atom. The van der Waals surface area contributed by atoms with Crippen molar-refractivity contribution in [2.45, 2.75) is 32.5 Å². The van der Waals surface area contributed by atoms with Crippen molar-refractivity contribution in [2.24, 2.45) is 0 Å². The van der Waals surface area contributed by atoms with Gasteiger partial charge in [0.05, 0.1) is 6.10 Å². The summed E-state index contributed by atoms with van der Waals surface area (Å²) in [6.07, 6.45) is -4.96. The molecule has 2 nitrogen and oxygen atoms in total. The lowest BCUT2D eigenvalue weighted by molar-refractivity contribution is -0.175. The molecule has 0 heterocycles. The number of halogens is 3. The number of benzene rings is 1. The zero-order valence-corrected chi connectivity index (χ0v) is 10.4. The monoisotopic (exact) mass is 262 g/mol. The normalized spacial score (nSPS) is 13.7. The zero-order chi connectivity index (χ0) is 13.8. The maximum atomic E-state index is 11.8. The second-order valence-electron chi connectivity index (χ2n) is 4.26. The highest BCUT2D eigenvalue weighted by atomic mass is 19.4. The van der Waals surface area contributed by atoms with E-state index in [-0.39, 0.29) is 13.0 Å². The second-order valence-corrected chi connectivity index (χ2v) is 4.26. The highest BCUT2D eigenvalue weighted by molar-refractivity contribution is 5.34. The van der Waals surface area contributed by atoms with Crippen LogP contribution in [-0.2, 0) is 4.74 Å². The lowest BCUT2D eigenvalue weighted by Crippen LogP contribution is -2.18. The van der Waals surface area contributed by atoms with Crippen molar-refractivity contribution >= 4 is 0 Å². The fourth-order valence-electron chi connectivity index (χ4n) is 1.67. The Kier molecular flexibility index (Phi) is 5.16. The molecular weight excluding hydrogens is 245 g/mol. The van der Waals surface area contributed by atoms with Gasteiger partial charge in [-0.05, 0) is 30.5 Å². The smallest absolute Gasteiger partial charge is 0.388 e. The van der Waals surface area contributed by atoms with Crippen LogP contribution in [0.3, 0.4) is 0 Å². The topological polar surface area (TPSA) is 29.5 Å². The molecule has 0 saturated heterocycles. The van der Waals surface area contributed by atoms with E-state index in [1.165, 1.54) is 0 Å². The first kappa shape index (κ1) is 15.0. The number of alkyl halides is 3. The average molecular weight is 262 g/mol. The third-order valence-corrected chi connectivity index (χ3v) is 2.81. The van der Waals surface area contributed by atoms with Crippen LogP contribution in [0.15, 0.2) is 18.2 Å². The Morgan fingerprint density at radius 1 is 1.28 bits per heavy atom. The van der Waals surface area contributed by atoms with Crippen LogP contribution in [0.25, 0.3) is 0 Å². The molecule has 0 bridgehead atoms. The van der Waals surface area contributed by atoms with E-state index in [0.29, 0.717) is 0 Å². The van der Waals surface area contributed by atoms with Crippen LogP contribution in [0.5, 0.6) is 0 Å². The Labute approximate surface area is 104 Å². The molecule has 102 valence electrons.